The van der Waals surface area contributed by atoms with Gasteiger partial charge in [-0.25, -0.2) is 4.57 Å². The predicted octanol–water partition coefficient (Wildman–Crippen LogP) is 17.0. The number of hydrogen-bond donors (Lipinski definition) is 2. The van der Waals surface area contributed by atoms with E-state index in [9.17, 15) is 28.9 Å². The number of esters is 3. The Morgan fingerprint density at radius 3 is 1.12 bits per heavy atom. The zero-order chi connectivity index (χ0) is 54.1. The van der Waals surface area contributed by atoms with E-state index < -0.39 is 57.8 Å². The first-order valence-corrected chi connectivity index (χ1v) is 30.3. The maximum absolute atomic E-state index is 12.9. The predicted molar refractivity (Wildman–Crippen MR) is 307 cm³/mol. The summed E-state index contributed by atoms with van der Waals surface area (Å²) in [5.74, 6) is -1.56. The van der Waals surface area contributed by atoms with Crippen molar-refractivity contribution < 1.29 is 52.2 Å². The molecule has 0 aliphatic rings. The van der Waals surface area contributed by atoms with Crippen molar-refractivity contribution in [2.75, 3.05) is 26.4 Å². The maximum atomic E-state index is 12.9. The highest BCUT2D eigenvalue weighted by molar-refractivity contribution is 7.47. The Morgan fingerprint density at radius 2 is 0.716 bits per heavy atom. The van der Waals surface area contributed by atoms with Gasteiger partial charge in [0.15, 0.2) is 6.10 Å². The average molecular weight is 1060 g/mol. The zero-order valence-electron chi connectivity index (χ0n) is 46.5. The van der Waals surface area contributed by atoms with E-state index in [-0.39, 0.29) is 25.9 Å². The van der Waals surface area contributed by atoms with Gasteiger partial charge >= 0.3 is 25.7 Å². The van der Waals surface area contributed by atoms with Crippen molar-refractivity contribution in [2.45, 2.75) is 238 Å². The monoisotopic (exact) mass is 1050 g/mol. The van der Waals surface area contributed by atoms with E-state index in [1.807, 2.05) is 6.08 Å². The molecule has 0 aromatic heterocycles. The molecule has 0 saturated heterocycles. The van der Waals surface area contributed by atoms with E-state index in [1.165, 1.54) is 44.9 Å². The van der Waals surface area contributed by atoms with Crippen molar-refractivity contribution in [1.82, 2.24) is 0 Å². The molecular formula is C62H103O11P. The van der Waals surface area contributed by atoms with Crippen LogP contribution in [-0.4, -0.2) is 66.5 Å². The van der Waals surface area contributed by atoms with Crippen molar-refractivity contribution in [2.24, 2.45) is 0 Å². The summed E-state index contributed by atoms with van der Waals surface area (Å²) in [4.78, 5) is 48.5. The molecule has 11 nitrogen and oxygen atoms in total. The normalized spacial score (nSPS) is 14.2. The molecule has 3 atom stereocenters. The number of rotatable bonds is 52. The van der Waals surface area contributed by atoms with Crippen molar-refractivity contribution in [1.29, 1.82) is 0 Å². The van der Waals surface area contributed by atoms with Gasteiger partial charge in [0, 0.05) is 19.3 Å². The molecular weight excluding hydrogens is 952 g/mol. The van der Waals surface area contributed by atoms with Gasteiger partial charge in [0.1, 0.15) is 12.7 Å². The van der Waals surface area contributed by atoms with Gasteiger partial charge in [-0.3, -0.25) is 23.4 Å². The Kier molecular flexibility index (Phi) is 52.5. The SMILES string of the molecule is CC/C=C\C/C=C\C/C=C\C/C=C\C/C=C\CCCC(=O)OCC(COP(=O)(O)OCC(CO)OC(=O)CCCCCCCCCCCCC)OC(=O)CCCCCCCC/C=C\C/C=C\C/C=C\C/C=C\CC. The van der Waals surface area contributed by atoms with Crippen LogP contribution in [0, 0.1) is 0 Å². The second-order valence-electron chi connectivity index (χ2n) is 18.7. The second-order valence-corrected chi connectivity index (χ2v) is 20.1. The molecule has 0 aliphatic heterocycles. The van der Waals surface area contributed by atoms with Crippen LogP contribution >= 0.6 is 7.82 Å². The van der Waals surface area contributed by atoms with E-state index >= 15 is 0 Å². The molecule has 0 heterocycles. The highest BCUT2D eigenvalue weighted by atomic mass is 31.2. The van der Waals surface area contributed by atoms with Crippen LogP contribution < -0.4 is 0 Å². The molecule has 422 valence electrons. The van der Waals surface area contributed by atoms with Crippen LogP contribution in [0.4, 0.5) is 0 Å². The van der Waals surface area contributed by atoms with Gasteiger partial charge in [-0.2, -0.15) is 0 Å². The molecule has 12 heteroatoms. The summed E-state index contributed by atoms with van der Waals surface area (Å²) < 4.78 is 39.4. The highest BCUT2D eigenvalue weighted by Gasteiger charge is 2.28. The molecule has 0 fully saturated rings. The number of ether oxygens (including phenoxy) is 3. The highest BCUT2D eigenvalue weighted by Crippen LogP contribution is 2.43. The molecule has 0 rings (SSSR count). The van der Waals surface area contributed by atoms with E-state index in [2.05, 4.69) is 124 Å². The fourth-order valence-electron chi connectivity index (χ4n) is 7.38. The van der Waals surface area contributed by atoms with Gasteiger partial charge in [0.05, 0.1) is 19.8 Å². The molecule has 2 N–H and O–H groups in total. The van der Waals surface area contributed by atoms with Crippen LogP contribution in [-0.2, 0) is 42.2 Å². The number of allylic oxidation sites excluding steroid dienone is 18. The molecule has 0 aromatic carbocycles. The number of phosphoric acid groups is 1. The van der Waals surface area contributed by atoms with Crippen molar-refractivity contribution >= 4 is 25.7 Å². The van der Waals surface area contributed by atoms with Crippen LogP contribution in [0.1, 0.15) is 226 Å². The van der Waals surface area contributed by atoms with E-state index in [4.69, 9.17) is 23.3 Å². The van der Waals surface area contributed by atoms with Crippen molar-refractivity contribution in [3.8, 4) is 0 Å². The lowest BCUT2D eigenvalue weighted by atomic mass is 10.1. The summed E-state index contributed by atoms with van der Waals surface area (Å²) in [5.41, 5.74) is 0. The molecule has 0 spiro atoms. The summed E-state index contributed by atoms with van der Waals surface area (Å²) in [6.07, 6.45) is 66.3. The Hall–Kier alpha value is -3.86. The smallest absolute Gasteiger partial charge is 0.462 e. The quantitative estimate of drug-likeness (QED) is 0.0197. The Bertz CT molecular complexity index is 1660. The number of phosphoric ester groups is 1. The first-order valence-electron chi connectivity index (χ1n) is 28.8. The lowest BCUT2D eigenvalue weighted by Crippen LogP contribution is -2.30. The summed E-state index contributed by atoms with van der Waals surface area (Å²) in [7, 11) is -4.77. The Labute approximate surface area is 450 Å². The molecule has 0 amide bonds. The summed E-state index contributed by atoms with van der Waals surface area (Å²) in [6.45, 7) is 4.32. The van der Waals surface area contributed by atoms with Crippen molar-refractivity contribution in [3.63, 3.8) is 0 Å². The van der Waals surface area contributed by atoms with Gasteiger partial charge < -0.3 is 24.2 Å². The minimum Gasteiger partial charge on any atom is -0.462 e. The summed E-state index contributed by atoms with van der Waals surface area (Å²) >= 11 is 0. The van der Waals surface area contributed by atoms with Crippen LogP contribution in [0.25, 0.3) is 0 Å². The average Bonchev–Trinajstić information content (AvgIpc) is 3.39. The number of aliphatic hydroxyl groups is 1. The first-order chi connectivity index (χ1) is 36.2. The molecule has 74 heavy (non-hydrogen) atoms. The molecule has 0 aliphatic carbocycles. The maximum Gasteiger partial charge on any atom is 0.472 e. The van der Waals surface area contributed by atoms with Gasteiger partial charge in [0.2, 0.25) is 0 Å². The third-order valence-electron chi connectivity index (χ3n) is 11.7. The van der Waals surface area contributed by atoms with E-state index in [1.54, 1.807) is 0 Å². The molecule has 0 bridgehead atoms. The molecule has 0 saturated carbocycles. The summed E-state index contributed by atoms with van der Waals surface area (Å²) in [5, 5.41) is 9.80. The standard InChI is InChI=1S/C62H103O11P/c1-4-7-10-13-16-19-22-24-26-28-29-31-33-35-38-41-44-47-50-53-62(66)73-59(55-69-60(64)51-48-45-42-39-37-34-32-30-27-25-23-20-17-14-11-8-5-2)57-71-74(67,68)70-56-58(54-63)72-61(65)52-49-46-43-40-36-21-18-15-12-9-6-3/h7-8,10-11,16-17,19-20,24-27,29,31-32,34,39,42,58-59,63H,4-6,9,12-15,18,21-23,28,30,33,35-38,40-41,43-57H2,1-3H3,(H,67,68)/b10-7-,11-8-,19-16-,20-17-,26-24-,27-25-,31-29-,34-32-,42-39-. The Morgan fingerprint density at radius 1 is 0.392 bits per heavy atom. The summed E-state index contributed by atoms with van der Waals surface area (Å²) in [6, 6.07) is 0. The molecule has 3 unspecified atom stereocenters. The molecule has 0 radical (unpaired) electrons. The van der Waals surface area contributed by atoms with Crippen LogP contribution in [0.5, 0.6) is 0 Å². The first kappa shape index (κ1) is 70.1. The van der Waals surface area contributed by atoms with Crippen LogP contribution in [0.15, 0.2) is 109 Å². The van der Waals surface area contributed by atoms with Gasteiger partial charge in [-0.05, 0) is 96.3 Å². The van der Waals surface area contributed by atoms with Crippen LogP contribution in [0.3, 0.4) is 0 Å². The number of carbonyl (C=O) groups excluding carboxylic acids is 3. The number of carbonyl (C=O) groups is 3. The third kappa shape index (κ3) is 53.0. The number of unbranched alkanes of at least 4 members (excludes halogenated alkanes) is 17. The van der Waals surface area contributed by atoms with Gasteiger partial charge in [0.25, 0.3) is 0 Å². The lowest BCUT2D eigenvalue weighted by molar-refractivity contribution is -0.161. The minimum absolute atomic E-state index is 0.135. The lowest BCUT2D eigenvalue weighted by Gasteiger charge is -2.21. The minimum atomic E-state index is -4.77. The Balaban J connectivity index is 4.85. The van der Waals surface area contributed by atoms with Crippen molar-refractivity contribution in [3.05, 3.63) is 109 Å². The second kappa shape index (κ2) is 55.4. The largest absolute Gasteiger partial charge is 0.472 e. The third-order valence-corrected chi connectivity index (χ3v) is 12.6. The fraction of sp³-hybridized carbons (Fsp3) is 0.661. The van der Waals surface area contributed by atoms with E-state index in [0.29, 0.717) is 25.7 Å². The van der Waals surface area contributed by atoms with Gasteiger partial charge in [-0.15, -0.1) is 0 Å². The van der Waals surface area contributed by atoms with Crippen LogP contribution in [0.2, 0.25) is 0 Å². The number of hydrogen-bond acceptors (Lipinski definition) is 10. The molecule has 0 aromatic rings. The fourth-order valence-corrected chi connectivity index (χ4v) is 8.17. The number of aliphatic hydroxyl groups excluding tert-OH is 1. The van der Waals surface area contributed by atoms with Gasteiger partial charge in [-0.1, -0.05) is 220 Å². The topological polar surface area (TPSA) is 155 Å². The zero-order valence-corrected chi connectivity index (χ0v) is 47.4. The van der Waals surface area contributed by atoms with E-state index in [0.717, 1.165) is 116 Å².